The zero-order chi connectivity index (χ0) is 20.1. The molecule has 1 fully saturated rings. The molecule has 1 amide bonds. The van der Waals surface area contributed by atoms with Crippen LogP contribution in [0.25, 0.3) is 0 Å². The first-order valence-electron chi connectivity index (χ1n) is 9.05. The molecule has 1 aliphatic heterocycles. The number of aliphatic hydroxyl groups is 1. The first kappa shape index (κ1) is 19.9. The van der Waals surface area contributed by atoms with E-state index in [0.29, 0.717) is 42.2 Å². The average molecular weight is 389 g/mol. The molecule has 0 saturated carbocycles. The highest BCUT2D eigenvalue weighted by molar-refractivity contribution is 5.95. The molecule has 0 radical (unpaired) electrons. The molecular formula is C21H24FNO5. The van der Waals surface area contributed by atoms with E-state index in [2.05, 4.69) is 0 Å². The predicted molar refractivity (Wildman–Crippen MR) is 102 cm³/mol. The Morgan fingerprint density at radius 2 is 1.75 bits per heavy atom. The van der Waals surface area contributed by atoms with Crippen molar-refractivity contribution in [2.24, 2.45) is 0 Å². The second kappa shape index (κ2) is 8.48. The van der Waals surface area contributed by atoms with Gasteiger partial charge in [0.05, 0.1) is 20.8 Å². The van der Waals surface area contributed by atoms with Gasteiger partial charge in [-0.3, -0.25) is 4.79 Å². The number of amides is 1. The summed E-state index contributed by atoms with van der Waals surface area (Å²) in [6, 6.07) is 10.6. The molecule has 1 saturated heterocycles. The van der Waals surface area contributed by atoms with E-state index >= 15 is 0 Å². The Labute approximate surface area is 163 Å². The number of hydrogen-bond acceptors (Lipinski definition) is 5. The molecule has 0 spiro atoms. The van der Waals surface area contributed by atoms with Gasteiger partial charge in [0.1, 0.15) is 35.3 Å². The molecule has 2 aromatic carbocycles. The molecule has 2 aromatic rings. The summed E-state index contributed by atoms with van der Waals surface area (Å²) >= 11 is 0. The molecule has 3 rings (SSSR count). The van der Waals surface area contributed by atoms with E-state index in [1.807, 2.05) is 0 Å². The number of likely N-dealkylation sites (tertiary alicyclic amines) is 1. The summed E-state index contributed by atoms with van der Waals surface area (Å²) in [5, 5.41) is 10.9. The van der Waals surface area contributed by atoms with Crippen LogP contribution in [0.2, 0.25) is 0 Å². The number of methoxy groups -OCH3 is 2. The fourth-order valence-electron chi connectivity index (χ4n) is 3.27. The van der Waals surface area contributed by atoms with Crippen molar-refractivity contribution in [2.75, 3.05) is 33.9 Å². The van der Waals surface area contributed by atoms with Crippen molar-refractivity contribution in [2.45, 2.75) is 18.4 Å². The fraction of sp³-hybridized carbons (Fsp3) is 0.381. The number of nitrogens with zero attached hydrogens (tertiary/aromatic N) is 1. The minimum Gasteiger partial charge on any atom is -0.497 e. The first-order valence-corrected chi connectivity index (χ1v) is 9.05. The lowest BCUT2D eigenvalue weighted by molar-refractivity contribution is -0.0532. The minimum absolute atomic E-state index is 0.0177. The number of hydrogen-bond donors (Lipinski definition) is 1. The van der Waals surface area contributed by atoms with Crippen LogP contribution >= 0.6 is 0 Å². The molecule has 1 unspecified atom stereocenters. The van der Waals surface area contributed by atoms with Gasteiger partial charge in [-0.25, -0.2) is 4.39 Å². The van der Waals surface area contributed by atoms with Crippen molar-refractivity contribution in [3.63, 3.8) is 0 Å². The smallest absolute Gasteiger partial charge is 0.254 e. The third kappa shape index (κ3) is 4.72. The van der Waals surface area contributed by atoms with E-state index in [0.717, 1.165) is 0 Å². The molecule has 0 aliphatic carbocycles. The third-order valence-electron chi connectivity index (χ3n) is 4.76. The highest BCUT2D eigenvalue weighted by atomic mass is 19.1. The molecule has 1 aliphatic rings. The van der Waals surface area contributed by atoms with Gasteiger partial charge in [-0.15, -0.1) is 0 Å². The summed E-state index contributed by atoms with van der Waals surface area (Å²) in [5.41, 5.74) is -0.745. The van der Waals surface area contributed by atoms with Crippen molar-refractivity contribution in [3.8, 4) is 17.2 Å². The zero-order valence-electron chi connectivity index (χ0n) is 16.0. The topological polar surface area (TPSA) is 68.2 Å². The number of β-amino-alcohol motifs (C(OH)–C–C–N with tert-alkyl or cyclic N) is 1. The monoisotopic (exact) mass is 389 g/mol. The average Bonchev–Trinajstić information content (AvgIpc) is 2.72. The van der Waals surface area contributed by atoms with E-state index in [4.69, 9.17) is 14.2 Å². The van der Waals surface area contributed by atoms with E-state index in [1.54, 1.807) is 23.1 Å². The summed E-state index contributed by atoms with van der Waals surface area (Å²) in [6.45, 7) is 0.702. The van der Waals surface area contributed by atoms with Gasteiger partial charge in [0.2, 0.25) is 0 Å². The Kier molecular flexibility index (Phi) is 6.04. The largest absolute Gasteiger partial charge is 0.497 e. The van der Waals surface area contributed by atoms with Crippen LogP contribution in [0.1, 0.15) is 23.2 Å². The molecule has 6 nitrogen and oxygen atoms in total. The van der Waals surface area contributed by atoms with Gasteiger partial charge in [0, 0.05) is 18.2 Å². The van der Waals surface area contributed by atoms with E-state index in [1.165, 1.54) is 38.5 Å². The van der Waals surface area contributed by atoms with Gasteiger partial charge >= 0.3 is 0 Å². The third-order valence-corrected chi connectivity index (χ3v) is 4.76. The molecule has 0 aromatic heterocycles. The van der Waals surface area contributed by atoms with Crippen LogP contribution in [0.15, 0.2) is 42.5 Å². The number of carbonyl (C=O) groups is 1. The van der Waals surface area contributed by atoms with Crippen LogP contribution in [0.5, 0.6) is 17.2 Å². The Hall–Kier alpha value is -2.80. The number of halogens is 1. The van der Waals surface area contributed by atoms with Crippen molar-refractivity contribution in [1.29, 1.82) is 0 Å². The highest BCUT2D eigenvalue weighted by Gasteiger charge is 2.36. The van der Waals surface area contributed by atoms with Gasteiger partial charge in [-0.2, -0.15) is 0 Å². The van der Waals surface area contributed by atoms with Gasteiger partial charge in [0.25, 0.3) is 5.91 Å². The lowest BCUT2D eigenvalue weighted by atomic mass is 9.93. The summed E-state index contributed by atoms with van der Waals surface area (Å²) in [6.07, 6.45) is 1.16. The van der Waals surface area contributed by atoms with E-state index < -0.39 is 5.60 Å². The van der Waals surface area contributed by atoms with Crippen LogP contribution in [-0.4, -0.2) is 55.4 Å². The maximum Gasteiger partial charge on any atom is 0.254 e. The SMILES string of the molecule is COc1cc(OC)cc(C(=O)N2CCCC(O)(COc3ccc(F)cc3)C2)c1. The maximum atomic E-state index is 13.0. The molecule has 28 heavy (non-hydrogen) atoms. The Bertz CT molecular complexity index is 804. The normalized spacial score (nSPS) is 19.2. The lowest BCUT2D eigenvalue weighted by Crippen LogP contribution is -2.53. The minimum atomic E-state index is -1.18. The van der Waals surface area contributed by atoms with Crippen LogP contribution in [0.4, 0.5) is 4.39 Å². The Morgan fingerprint density at radius 1 is 1.11 bits per heavy atom. The number of benzene rings is 2. The predicted octanol–water partition coefficient (Wildman–Crippen LogP) is 2.89. The van der Waals surface area contributed by atoms with Crippen LogP contribution < -0.4 is 14.2 Å². The van der Waals surface area contributed by atoms with Gasteiger partial charge < -0.3 is 24.2 Å². The number of carbonyl (C=O) groups excluding carboxylic acids is 1. The van der Waals surface area contributed by atoms with Crippen molar-refractivity contribution >= 4 is 5.91 Å². The Morgan fingerprint density at radius 3 is 2.36 bits per heavy atom. The van der Waals surface area contributed by atoms with Crippen LogP contribution in [0.3, 0.4) is 0 Å². The molecular weight excluding hydrogens is 365 g/mol. The van der Waals surface area contributed by atoms with Crippen LogP contribution in [-0.2, 0) is 0 Å². The van der Waals surface area contributed by atoms with Gasteiger partial charge in [-0.05, 0) is 49.2 Å². The number of piperidine rings is 1. The second-order valence-electron chi connectivity index (χ2n) is 6.90. The molecule has 150 valence electrons. The summed E-state index contributed by atoms with van der Waals surface area (Å²) in [4.78, 5) is 14.6. The first-order chi connectivity index (χ1) is 13.4. The summed E-state index contributed by atoms with van der Waals surface area (Å²) in [7, 11) is 3.05. The second-order valence-corrected chi connectivity index (χ2v) is 6.90. The van der Waals surface area contributed by atoms with Crippen molar-refractivity contribution in [3.05, 3.63) is 53.8 Å². The quantitative estimate of drug-likeness (QED) is 0.823. The summed E-state index contributed by atoms with van der Waals surface area (Å²) < 4.78 is 29.1. The molecule has 1 N–H and O–H groups in total. The Balaban J connectivity index is 1.69. The van der Waals surface area contributed by atoms with E-state index in [-0.39, 0.29) is 24.9 Å². The molecule has 1 atom stereocenters. The lowest BCUT2D eigenvalue weighted by Gasteiger charge is -2.39. The van der Waals surface area contributed by atoms with Gasteiger partial charge in [-0.1, -0.05) is 0 Å². The highest BCUT2D eigenvalue weighted by Crippen LogP contribution is 2.27. The van der Waals surface area contributed by atoms with Crippen LogP contribution in [0, 0.1) is 5.82 Å². The van der Waals surface area contributed by atoms with Crippen molar-refractivity contribution in [1.82, 2.24) is 4.90 Å². The number of rotatable bonds is 6. The number of ether oxygens (including phenoxy) is 3. The maximum absolute atomic E-state index is 13.0. The van der Waals surface area contributed by atoms with E-state index in [9.17, 15) is 14.3 Å². The fourth-order valence-corrected chi connectivity index (χ4v) is 3.27. The summed E-state index contributed by atoms with van der Waals surface area (Å²) in [5.74, 6) is 0.950. The van der Waals surface area contributed by atoms with Crippen molar-refractivity contribution < 1.29 is 28.5 Å². The molecule has 7 heteroatoms. The molecule has 0 bridgehead atoms. The zero-order valence-corrected chi connectivity index (χ0v) is 16.0. The molecule has 1 heterocycles. The standard InChI is InChI=1S/C21H24FNO5/c1-26-18-10-15(11-19(12-18)27-2)20(24)23-9-3-8-21(25,13-23)14-28-17-6-4-16(22)5-7-17/h4-7,10-12,25H,3,8-9,13-14H2,1-2H3. The van der Waals surface area contributed by atoms with Gasteiger partial charge in [0.15, 0.2) is 0 Å².